The van der Waals surface area contributed by atoms with Gasteiger partial charge in [-0.1, -0.05) is 6.07 Å². The second-order valence-electron chi connectivity index (χ2n) is 4.74. The van der Waals surface area contributed by atoms with Crippen LogP contribution in [-0.2, 0) is 6.54 Å². The van der Waals surface area contributed by atoms with Gasteiger partial charge in [0.2, 0.25) is 5.88 Å². The van der Waals surface area contributed by atoms with Gasteiger partial charge in [0.25, 0.3) is 5.91 Å². The highest BCUT2D eigenvalue weighted by Gasteiger charge is 2.29. The SMILES string of the molecule is N#Cc1ccc(C(=O)NCc2cccnc2OCC(F)(F)F)cc1. The van der Waals surface area contributed by atoms with Crippen molar-refractivity contribution in [3.63, 3.8) is 0 Å². The molecule has 1 aromatic carbocycles. The number of pyridine rings is 1. The number of nitrogens with one attached hydrogen (secondary N) is 1. The van der Waals surface area contributed by atoms with E-state index in [9.17, 15) is 18.0 Å². The summed E-state index contributed by atoms with van der Waals surface area (Å²) in [6.07, 6.45) is -3.17. The number of hydrogen-bond acceptors (Lipinski definition) is 4. The first kappa shape index (κ1) is 17.3. The van der Waals surface area contributed by atoms with E-state index in [1.54, 1.807) is 0 Å². The van der Waals surface area contributed by atoms with Crippen molar-refractivity contribution in [2.45, 2.75) is 12.7 Å². The van der Waals surface area contributed by atoms with Crippen molar-refractivity contribution in [1.82, 2.24) is 10.3 Å². The average Bonchev–Trinajstić information content (AvgIpc) is 2.58. The third-order valence-corrected chi connectivity index (χ3v) is 2.94. The van der Waals surface area contributed by atoms with Crippen LogP contribution in [0.2, 0.25) is 0 Å². The Morgan fingerprint density at radius 2 is 1.96 bits per heavy atom. The number of alkyl halides is 3. The number of amides is 1. The molecule has 0 aliphatic rings. The Bertz CT molecular complexity index is 752. The monoisotopic (exact) mass is 335 g/mol. The number of ether oxygens (including phenoxy) is 1. The molecule has 1 heterocycles. The van der Waals surface area contributed by atoms with E-state index in [1.807, 2.05) is 6.07 Å². The van der Waals surface area contributed by atoms with Crippen LogP contribution in [0.25, 0.3) is 0 Å². The zero-order valence-electron chi connectivity index (χ0n) is 12.3. The molecule has 1 aromatic heterocycles. The zero-order chi connectivity index (χ0) is 17.6. The largest absolute Gasteiger partial charge is 0.468 e. The summed E-state index contributed by atoms with van der Waals surface area (Å²) in [6.45, 7) is -1.50. The van der Waals surface area contributed by atoms with Gasteiger partial charge < -0.3 is 10.1 Å². The van der Waals surface area contributed by atoms with Crippen molar-refractivity contribution in [3.8, 4) is 11.9 Å². The van der Waals surface area contributed by atoms with E-state index < -0.39 is 18.7 Å². The molecule has 0 saturated carbocycles. The normalized spacial score (nSPS) is 10.8. The van der Waals surface area contributed by atoms with Crippen LogP contribution < -0.4 is 10.1 Å². The van der Waals surface area contributed by atoms with Gasteiger partial charge in [0.15, 0.2) is 6.61 Å². The molecule has 24 heavy (non-hydrogen) atoms. The molecule has 2 rings (SSSR count). The summed E-state index contributed by atoms with van der Waals surface area (Å²) in [7, 11) is 0. The molecular weight excluding hydrogens is 323 g/mol. The minimum absolute atomic E-state index is 0.0418. The van der Waals surface area contributed by atoms with Gasteiger partial charge in [-0.15, -0.1) is 0 Å². The number of carbonyl (C=O) groups is 1. The van der Waals surface area contributed by atoms with E-state index in [2.05, 4.69) is 15.0 Å². The van der Waals surface area contributed by atoms with Crippen LogP contribution in [0, 0.1) is 11.3 Å². The molecule has 124 valence electrons. The Hall–Kier alpha value is -3.08. The zero-order valence-corrected chi connectivity index (χ0v) is 12.3. The van der Waals surface area contributed by atoms with Crippen molar-refractivity contribution >= 4 is 5.91 Å². The fourth-order valence-corrected chi connectivity index (χ4v) is 1.81. The molecule has 1 amide bonds. The Morgan fingerprint density at radius 3 is 2.58 bits per heavy atom. The summed E-state index contributed by atoms with van der Waals surface area (Å²) in [5, 5.41) is 11.3. The summed E-state index contributed by atoms with van der Waals surface area (Å²) < 4.78 is 41.3. The molecular formula is C16H12F3N3O2. The predicted octanol–water partition coefficient (Wildman–Crippen LogP) is 2.82. The molecule has 0 unspecified atom stereocenters. The van der Waals surface area contributed by atoms with E-state index in [4.69, 9.17) is 5.26 Å². The Balaban J connectivity index is 2.00. The van der Waals surface area contributed by atoms with E-state index in [1.165, 1.54) is 42.6 Å². The van der Waals surface area contributed by atoms with Gasteiger partial charge in [-0.3, -0.25) is 4.79 Å². The maximum absolute atomic E-state index is 12.2. The number of benzene rings is 1. The number of aromatic nitrogens is 1. The number of halogens is 3. The molecule has 0 radical (unpaired) electrons. The van der Waals surface area contributed by atoms with Gasteiger partial charge in [-0.2, -0.15) is 18.4 Å². The third-order valence-electron chi connectivity index (χ3n) is 2.94. The third kappa shape index (κ3) is 4.98. The second kappa shape index (κ2) is 7.46. The summed E-state index contributed by atoms with van der Waals surface area (Å²) in [4.78, 5) is 15.8. The topological polar surface area (TPSA) is 75.0 Å². The fraction of sp³-hybridized carbons (Fsp3) is 0.188. The van der Waals surface area contributed by atoms with Gasteiger partial charge in [0.05, 0.1) is 11.6 Å². The molecule has 2 aromatic rings. The van der Waals surface area contributed by atoms with Crippen molar-refractivity contribution in [3.05, 3.63) is 59.3 Å². The molecule has 0 aliphatic carbocycles. The highest BCUT2D eigenvalue weighted by molar-refractivity contribution is 5.94. The molecule has 0 atom stereocenters. The highest BCUT2D eigenvalue weighted by atomic mass is 19.4. The predicted molar refractivity (Wildman–Crippen MR) is 78.1 cm³/mol. The number of nitriles is 1. The summed E-state index contributed by atoms with van der Waals surface area (Å²) in [5.74, 6) is -0.611. The highest BCUT2D eigenvalue weighted by Crippen LogP contribution is 2.20. The fourth-order valence-electron chi connectivity index (χ4n) is 1.81. The molecule has 0 aliphatic heterocycles. The van der Waals surface area contributed by atoms with Crippen LogP contribution >= 0.6 is 0 Å². The summed E-state index contributed by atoms with van der Waals surface area (Å²) in [6, 6.07) is 10.9. The molecule has 0 fully saturated rings. The van der Waals surface area contributed by atoms with Crippen LogP contribution in [0.5, 0.6) is 5.88 Å². The van der Waals surface area contributed by atoms with Crippen LogP contribution in [0.1, 0.15) is 21.5 Å². The number of rotatable bonds is 5. The lowest BCUT2D eigenvalue weighted by Gasteiger charge is -2.12. The standard InChI is InChI=1S/C16H12F3N3O2/c17-16(18,19)10-24-15-13(2-1-7-21-15)9-22-14(23)12-5-3-11(8-20)4-6-12/h1-7H,9-10H2,(H,22,23). The number of carbonyl (C=O) groups excluding carboxylic acids is 1. The lowest BCUT2D eigenvalue weighted by atomic mass is 10.1. The van der Waals surface area contributed by atoms with Crippen LogP contribution in [0.15, 0.2) is 42.6 Å². The molecule has 0 spiro atoms. The first-order valence-corrected chi connectivity index (χ1v) is 6.81. The van der Waals surface area contributed by atoms with Crippen molar-refractivity contribution < 1.29 is 22.7 Å². The Kier molecular flexibility index (Phi) is 5.37. The van der Waals surface area contributed by atoms with Crippen molar-refractivity contribution in [1.29, 1.82) is 5.26 Å². The summed E-state index contributed by atoms with van der Waals surface area (Å²) in [5.41, 5.74) is 1.07. The number of hydrogen-bond donors (Lipinski definition) is 1. The molecule has 1 N–H and O–H groups in total. The maximum Gasteiger partial charge on any atom is 0.422 e. The van der Waals surface area contributed by atoms with E-state index in [0.717, 1.165) is 0 Å². The van der Waals surface area contributed by atoms with Crippen LogP contribution in [-0.4, -0.2) is 23.7 Å². The first-order valence-electron chi connectivity index (χ1n) is 6.81. The number of nitrogens with zero attached hydrogens (tertiary/aromatic N) is 2. The van der Waals surface area contributed by atoms with Crippen LogP contribution in [0.4, 0.5) is 13.2 Å². The minimum atomic E-state index is -4.47. The minimum Gasteiger partial charge on any atom is -0.468 e. The van der Waals surface area contributed by atoms with Crippen molar-refractivity contribution in [2.75, 3.05) is 6.61 Å². The lowest BCUT2D eigenvalue weighted by Crippen LogP contribution is -2.24. The summed E-state index contributed by atoms with van der Waals surface area (Å²) >= 11 is 0. The van der Waals surface area contributed by atoms with Crippen LogP contribution in [0.3, 0.4) is 0 Å². The molecule has 0 saturated heterocycles. The van der Waals surface area contributed by atoms with Gasteiger partial charge in [0, 0.05) is 23.9 Å². The van der Waals surface area contributed by atoms with Gasteiger partial charge in [0.1, 0.15) is 0 Å². The maximum atomic E-state index is 12.2. The molecule has 8 heteroatoms. The van der Waals surface area contributed by atoms with E-state index >= 15 is 0 Å². The quantitative estimate of drug-likeness (QED) is 0.912. The van der Waals surface area contributed by atoms with E-state index in [-0.39, 0.29) is 12.4 Å². The Morgan fingerprint density at radius 1 is 1.25 bits per heavy atom. The van der Waals surface area contributed by atoms with E-state index in [0.29, 0.717) is 16.7 Å². The smallest absolute Gasteiger partial charge is 0.422 e. The van der Waals surface area contributed by atoms with Gasteiger partial charge in [-0.05, 0) is 30.3 Å². The average molecular weight is 335 g/mol. The first-order chi connectivity index (χ1) is 11.4. The van der Waals surface area contributed by atoms with Crippen molar-refractivity contribution in [2.24, 2.45) is 0 Å². The molecule has 0 bridgehead atoms. The van der Waals surface area contributed by atoms with Gasteiger partial charge >= 0.3 is 6.18 Å². The van der Waals surface area contributed by atoms with Gasteiger partial charge in [-0.25, -0.2) is 4.98 Å². The molecule has 5 nitrogen and oxygen atoms in total. The second-order valence-corrected chi connectivity index (χ2v) is 4.74. The Labute approximate surface area is 135 Å². The lowest BCUT2D eigenvalue weighted by molar-refractivity contribution is -0.154.